The van der Waals surface area contributed by atoms with Gasteiger partial charge < -0.3 is 10.3 Å². The molecule has 0 radical (unpaired) electrons. The highest BCUT2D eigenvalue weighted by molar-refractivity contribution is 6.16. The number of benzene rings is 1. The third-order valence-electron chi connectivity index (χ3n) is 3.63. The molecule has 3 aromatic rings. The van der Waals surface area contributed by atoms with E-state index in [0.717, 1.165) is 21.1 Å². The minimum Gasteiger partial charge on any atom is -0.364 e. The van der Waals surface area contributed by atoms with E-state index >= 15 is 0 Å². The number of rotatable bonds is 1. The van der Waals surface area contributed by atoms with Crippen LogP contribution in [0.15, 0.2) is 23.0 Å². The zero-order valence-corrected chi connectivity index (χ0v) is 11.5. The fourth-order valence-electron chi connectivity index (χ4n) is 2.77. The van der Waals surface area contributed by atoms with Crippen LogP contribution in [0.4, 0.5) is 0 Å². The molecule has 0 spiro atoms. The molecule has 2 N–H and O–H groups in total. The minimum atomic E-state index is -0.639. The average Bonchev–Trinajstić information content (AvgIpc) is 2.69. The zero-order chi connectivity index (χ0) is 14.6. The number of hydrogen-bond donors (Lipinski definition) is 1. The number of primary amides is 1. The highest BCUT2D eigenvalue weighted by atomic mass is 16.1. The fraction of sp³-hybridized carbons (Fsp3) is 0.214. The monoisotopic (exact) mass is 270 g/mol. The summed E-state index contributed by atoms with van der Waals surface area (Å²) in [5.41, 5.74) is 7.67. The number of nitrogens with two attached hydrogens (primary N) is 1. The van der Waals surface area contributed by atoms with Crippen molar-refractivity contribution < 1.29 is 4.79 Å². The lowest BCUT2D eigenvalue weighted by molar-refractivity contribution is 0.0995. The lowest BCUT2D eigenvalue weighted by Gasteiger charge is -2.03. The predicted molar refractivity (Wildman–Crippen MR) is 76.7 cm³/mol. The molecule has 1 amide bonds. The van der Waals surface area contributed by atoms with Gasteiger partial charge in [0.2, 0.25) is 0 Å². The Labute approximate surface area is 114 Å². The van der Waals surface area contributed by atoms with Crippen LogP contribution in [0.3, 0.4) is 0 Å². The summed E-state index contributed by atoms with van der Waals surface area (Å²) in [4.78, 5) is 24.0. The number of hydrogen-bond acceptors (Lipinski definition) is 3. The van der Waals surface area contributed by atoms with E-state index in [9.17, 15) is 9.59 Å². The molecule has 0 saturated heterocycles. The van der Waals surface area contributed by atoms with Crippen LogP contribution in [0.2, 0.25) is 0 Å². The molecule has 102 valence electrons. The Bertz CT molecular complexity index is 934. The molecule has 0 atom stereocenters. The molecule has 2 heterocycles. The molecule has 0 saturated carbocycles. The van der Waals surface area contributed by atoms with Gasteiger partial charge in [-0.1, -0.05) is 18.2 Å². The Morgan fingerprint density at radius 2 is 1.95 bits per heavy atom. The van der Waals surface area contributed by atoms with Gasteiger partial charge in [-0.15, -0.1) is 0 Å². The summed E-state index contributed by atoms with van der Waals surface area (Å²) in [5, 5.41) is 5.36. The molecule has 0 aliphatic rings. The maximum Gasteiger partial charge on any atom is 0.291 e. The highest BCUT2D eigenvalue weighted by Gasteiger charge is 2.20. The van der Waals surface area contributed by atoms with Crippen molar-refractivity contribution in [3.05, 3.63) is 39.8 Å². The Morgan fingerprint density at radius 3 is 2.60 bits per heavy atom. The highest BCUT2D eigenvalue weighted by Crippen LogP contribution is 2.29. The first-order valence-corrected chi connectivity index (χ1v) is 6.18. The molecular weight excluding hydrogens is 256 g/mol. The van der Waals surface area contributed by atoms with E-state index in [1.165, 1.54) is 7.05 Å². The Morgan fingerprint density at radius 1 is 1.25 bits per heavy atom. The number of fused-ring (bicyclic) bond motifs is 3. The summed E-state index contributed by atoms with van der Waals surface area (Å²) in [5.74, 6) is -0.639. The van der Waals surface area contributed by atoms with Crippen molar-refractivity contribution in [2.45, 2.75) is 6.92 Å². The van der Waals surface area contributed by atoms with Crippen molar-refractivity contribution >= 4 is 27.7 Å². The van der Waals surface area contributed by atoms with Gasteiger partial charge in [-0.05, 0) is 12.5 Å². The smallest absolute Gasteiger partial charge is 0.291 e. The number of para-hydroxylation sites is 1. The van der Waals surface area contributed by atoms with Gasteiger partial charge in [0.05, 0.1) is 5.52 Å². The van der Waals surface area contributed by atoms with Gasteiger partial charge in [0.1, 0.15) is 5.52 Å². The molecular formula is C14H14N4O2. The average molecular weight is 270 g/mol. The fourth-order valence-corrected chi connectivity index (χ4v) is 2.77. The van der Waals surface area contributed by atoms with Crippen molar-refractivity contribution in [2.24, 2.45) is 19.8 Å². The van der Waals surface area contributed by atoms with E-state index in [1.54, 1.807) is 4.57 Å². The van der Waals surface area contributed by atoms with E-state index < -0.39 is 5.91 Å². The second-order valence-corrected chi connectivity index (χ2v) is 4.90. The first-order valence-electron chi connectivity index (χ1n) is 6.18. The number of carbonyl (C=O) groups is 1. The van der Waals surface area contributed by atoms with Gasteiger partial charge in [0.15, 0.2) is 5.69 Å². The minimum absolute atomic E-state index is 0.123. The molecule has 0 aliphatic carbocycles. The van der Waals surface area contributed by atoms with Crippen molar-refractivity contribution in [1.82, 2.24) is 14.3 Å². The lowest BCUT2D eigenvalue weighted by atomic mass is 10.1. The first kappa shape index (κ1) is 12.4. The van der Waals surface area contributed by atoms with Crippen LogP contribution < -0.4 is 11.3 Å². The first-order chi connectivity index (χ1) is 9.43. The molecule has 3 rings (SSSR count). The SMILES string of the molecule is Cc1cccc2c3c(C(N)=O)nn(C)c(=O)c3n(C)c12. The zero-order valence-electron chi connectivity index (χ0n) is 11.5. The molecule has 0 unspecified atom stereocenters. The summed E-state index contributed by atoms with van der Waals surface area (Å²) in [7, 11) is 3.32. The Kier molecular flexibility index (Phi) is 2.44. The number of aromatic nitrogens is 3. The van der Waals surface area contributed by atoms with Crippen molar-refractivity contribution in [3.63, 3.8) is 0 Å². The number of nitrogens with zero attached hydrogens (tertiary/aromatic N) is 3. The molecule has 1 aromatic carbocycles. The van der Waals surface area contributed by atoms with Gasteiger partial charge in [-0.25, -0.2) is 4.68 Å². The third-order valence-corrected chi connectivity index (χ3v) is 3.63. The predicted octanol–water partition coefficient (Wildman–Crippen LogP) is 0.833. The van der Waals surface area contributed by atoms with Crippen molar-refractivity contribution in [2.75, 3.05) is 0 Å². The van der Waals surface area contributed by atoms with Crippen LogP contribution >= 0.6 is 0 Å². The third kappa shape index (κ3) is 1.41. The molecule has 0 aliphatic heterocycles. The van der Waals surface area contributed by atoms with Crippen LogP contribution in [0, 0.1) is 6.92 Å². The number of amides is 1. The van der Waals surface area contributed by atoms with Gasteiger partial charge in [0.25, 0.3) is 11.5 Å². The molecule has 2 aromatic heterocycles. The van der Waals surface area contributed by atoms with Crippen LogP contribution in [-0.2, 0) is 14.1 Å². The lowest BCUT2D eigenvalue weighted by Crippen LogP contribution is -2.26. The summed E-state index contributed by atoms with van der Waals surface area (Å²) in [6, 6.07) is 5.72. The summed E-state index contributed by atoms with van der Waals surface area (Å²) < 4.78 is 2.95. The van der Waals surface area contributed by atoms with E-state index in [4.69, 9.17) is 5.73 Å². The van der Waals surface area contributed by atoms with Crippen LogP contribution in [0.25, 0.3) is 21.8 Å². The van der Waals surface area contributed by atoms with E-state index in [1.807, 2.05) is 32.2 Å². The van der Waals surface area contributed by atoms with Crippen molar-refractivity contribution in [3.8, 4) is 0 Å². The van der Waals surface area contributed by atoms with Gasteiger partial charge in [-0.3, -0.25) is 9.59 Å². The maximum absolute atomic E-state index is 12.3. The van der Waals surface area contributed by atoms with E-state index in [2.05, 4.69) is 5.10 Å². The number of carbonyl (C=O) groups excluding carboxylic acids is 1. The molecule has 0 bridgehead atoms. The molecule has 6 heteroatoms. The van der Waals surface area contributed by atoms with E-state index in [0.29, 0.717) is 10.9 Å². The van der Waals surface area contributed by atoms with Crippen molar-refractivity contribution in [1.29, 1.82) is 0 Å². The Balaban J connectivity index is 2.76. The normalized spacial score (nSPS) is 11.3. The largest absolute Gasteiger partial charge is 0.364 e. The summed E-state index contributed by atoms with van der Waals surface area (Å²) in [6.07, 6.45) is 0. The van der Waals surface area contributed by atoms with E-state index in [-0.39, 0.29) is 11.3 Å². The molecule has 0 fully saturated rings. The second kappa shape index (κ2) is 3.93. The summed E-state index contributed by atoms with van der Waals surface area (Å²) in [6.45, 7) is 1.96. The Hall–Kier alpha value is -2.63. The number of aryl methyl sites for hydroxylation is 3. The van der Waals surface area contributed by atoms with Gasteiger partial charge >= 0.3 is 0 Å². The topological polar surface area (TPSA) is 82.9 Å². The summed E-state index contributed by atoms with van der Waals surface area (Å²) >= 11 is 0. The quantitative estimate of drug-likeness (QED) is 0.711. The van der Waals surface area contributed by atoms with Crippen LogP contribution in [0.1, 0.15) is 16.1 Å². The maximum atomic E-state index is 12.3. The molecule has 6 nitrogen and oxygen atoms in total. The van der Waals surface area contributed by atoms with Gasteiger partial charge in [0, 0.05) is 24.9 Å². The van der Waals surface area contributed by atoms with Gasteiger partial charge in [-0.2, -0.15) is 5.10 Å². The van der Waals surface area contributed by atoms with Crippen LogP contribution in [-0.4, -0.2) is 20.3 Å². The molecule has 20 heavy (non-hydrogen) atoms. The standard InChI is InChI=1S/C14H14N4O2/c1-7-5-4-6-8-9-10(13(15)19)16-18(3)14(20)12(9)17(2)11(7)8/h4-6H,1-3H3,(H2,15,19). The van der Waals surface area contributed by atoms with Crippen LogP contribution in [0.5, 0.6) is 0 Å². The second-order valence-electron chi connectivity index (χ2n) is 4.90.